The van der Waals surface area contributed by atoms with Crippen molar-refractivity contribution in [3.8, 4) is 16.8 Å². The van der Waals surface area contributed by atoms with E-state index < -0.39 is 0 Å². The van der Waals surface area contributed by atoms with Gasteiger partial charge in [0.15, 0.2) is 0 Å². The molecule has 0 radical (unpaired) electrons. The molecule has 0 spiro atoms. The number of hydrogen-bond acceptors (Lipinski definition) is 6. The summed E-state index contributed by atoms with van der Waals surface area (Å²) in [5, 5.41) is 14.1. The van der Waals surface area contributed by atoms with Crippen LogP contribution in [-0.4, -0.2) is 24.2 Å². The van der Waals surface area contributed by atoms with Crippen molar-refractivity contribution in [2.75, 3.05) is 18.5 Å². The molecule has 3 heterocycles. The van der Waals surface area contributed by atoms with E-state index in [2.05, 4.69) is 10.3 Å². The Kier molecular flexibility index (Phi) is 3.49. The van der Waals surface area contributed by atoms with E-state index in [-0.39, 0.29) is 6.10 Å². The van der Waals surface area contributed by atoms with Gasteiger partial charge >= 0.3 is 0 Å². The second kappa shape index (κ2) is 5.43. The Morgan fingerprint density at radius 2 is 2.53 bits per heavy atom. The fourth-order valence-corrected chi connectivity index (χ4v) is 2.68. The van der Waals surface area contributed by atoms with Gasteiger partial charge < -0.3 is 14.5 Å². The molecule has 1 aliphatic rings. The number of ether oxygens (including phenoxy) is 1. The molecule has 0 unspecified atom stereocenters. The number of rotatable bonds is 4. The summed E-state index contributed by atoms with van der Waals surface area (Å²) < 4.78 is 11.1. The third kappa shape index (κ3) is 2.62. The smallest absolute Gasteiger partial charge is 0.240 e. The number of nitrogens with one attached hydrogen (secondary N) is 1. The zero-order valence-corrected chi connectivity index (χ0v) is 11.1. The molecular weight excluding hydrogens is 262 g/mol. The minimum absolute atomic E-state index is 0.196. The molecule has 0 aliphatic carbocycles. The van der Waals surface area contributed by atoms with Gasteiger partial charge in [-0.15, -0.1) is 11.3 Å². The van der Waals surface area contributed by atoms with Crippen molar-refractivity contribution in [3.05, 3.63) is 23.2 Å². The monoisotopic (exact) mass is 275 g/mol. The average molecular weight is 275 g/mol. The van der Waals surface area contributed by atoms with E-state index in [1.54, 1.807) is 0 Å². The summed E-state index contributed by atoms with van der Waals surface area (Å²) in [6.45, 7) is 1.46. The molecule has 2 aromatic heterocycles. The summed E-state index contributed by atoms with van der Waals surface area (Å²) in [4.78, 5) is 5.11. The van der Waals surface area contributed by atoms with Crippen LogP contribution in [0.4, 0.5) is 5.88 Å². The first kappa shape index (κ1) is 12.2. The topological polar surface area (TPSA) is 71.1 Å². The molecular formula is C13H13N3O2S. The van der Waals surface area contributed by atoms with Crippen molar-refractivity contribution in [1.82, 2.24) is 4.98 Å². The van der Waals surface area contributed by atoms with Crippen molar-refractivity contribution in [2.24, 2.45) is 0 Å². The fraction of sp³-hybridized carbons (Fsp3) is 0.385. The van der Waals surface area contributed by atoms with Crippen molar-refractivity contribution in [3.63, 3.8) is 0 Å². The lowest BCUT2D eigenvalue weighted by Crippen LogP contribution is -2.18. The first-order chi connectivity index (χ1) is 9.36. The van der Waals surface area contributed by atoms with Crippen molar-refractivity contribution in [1.29, 1.82) is 5.26 Å². The lowest BCUT2D eigenvalue weighted by Gasteiger charge is -2.09. The largest absolute Gasteiger partial charge is 0.418 e. The molecule has 6 heteroatoms. The van der Waals surface area contributed by atoms with E-state index in [0.717, 1.165) is 24.3 Å². The van der Waals surface area contributed by atoms with Crippen LogP contribution in [0.25, 0.3) is 10.8 Å². The molecule has 0 amide bonds. The third-order valence-electron chi connectivity index (χ3n) is 2.98. The molecule has 0 bridgehead atoms. The Bertz CT molecular complexity index is 580. The van der Waals surface area contributed by atoms with Crippen LogP contribution in [0.15, 0.2) is 21.9 Å². The van der Waals surface area contributed by atoms with Crippen LogP contribution in [0, 0.1) is 11.3 Å². The minimum atomic E-state index is 0.196. The highest BCUT2D eigenvalue weighted by molar-refractivity contribution is 7.13. The Hall–Kier alpha value is -1.84. The van der Waals surface area contributed by atoms with E-state index >= 15 is 0 Å². The van der Waals surface area contributed by atoms with Gasteiger partial charge in [-0.1, -0.05) is 6.07 Å². The second-order valence-corrected chi connectivity index (χ2v) is 5.25. The van der Waals surface area contributed by atoms with Gasteiger partial charge in [0, 0.05) is 13.2 Å². The van der Waals surface area contributed by atoms with Gasteiger partial charge in [0.1, 0.15) is 6.07 Å². The van der Waals surface area contributed by atoms with E-state index in [1.165, 1.54) is 11.3 Å². The molecule has 1 N–H and O–H groups in total. The summed E-state index contributed by atoms with van der Waals surface area (Å²) in [6, 6.07) is 5.89. The second-order valence-electron chi connectivity index (χ2n) is 4.30. The Balaban J connectivity index is 1.75. The lowest BCUT2D eigenvalue weighted by molar-refractivity contribution is 0.120. The van der Waals surface area contributed by atoms with E-state index in [0.29, 0.717) is 24.0 Å². The summed E-state index contributed by atoms with van der Waals surface area (Å²) in [7, 11) is 0. The molecule has 98 valence electrons. The van der Waals surface area contributed by atoms with Gasteiger partial charge in [-0.05, 0) is 24.3 Å². The Morgan fingerprint density at radius 3 is 3.21 bits per heavy atom. The molecule has 19 heavy (non-hydrogen) atoms. The standard InChI is InChI=1S/C13H13N3O2S/c14-7-10-12(15-8-9-3-1-5-17-9)18-13(16-10)11-4-2-6-19-11/h2,4,6,9,15H,1,3,5,8H2/t9-/m1/s1. The van der Waals surface area contributed by atoms with Gasteiger partial charge in [0.05, 0.1) is 11.0 Å². The van der Waals surface area contributed by atoms with Crippen LogP contribution in [0.1, 0.15) is 18.5 Å². The summed E-state index contributed by atoms with van der Waals surface area (Å²) in [5.41, 5.74) is 0.293. The van der Waals surface area contributed by atoms with Crippen molar-refractivity contribution >= 4 is 17.2 Å². The molecule has 2 aromatic rings. The molecule has 1 aliphatic heterocycles. The number of hydrogen-bond donors (Lipinski definition) is 1. The van der Waals surface area contributed by atoms with Gasteiger partial charge in [0.2, 0.25) is 17.5 Å². The summed E-state index contributed by atoms with van der Waals surface area (Å²) >= 11 is 1.53. The first-order valence-electron chi connectivity index (χ1n) is 6.17. The zero-order chi connectivity index (χ0) is 13.1. The SMILES string of the molecule is N#Cc1nc(-c2cccs2)oc1NC[C@H]1CCCO1. The number of aromatic nitrogens is 1. The molecule has 0 saturated carbocycles. The van der Waals surface area contributed by atoms with Crippen molar-refractivity contribution < 1.29 is 9.15 Å². The minimum Gasteiger partial charge on any atom is -0.418 e. The predicted octanol–water partition coefficient (Wildman–Crippen LogP) is 2.87. The molecule has 3 rings (SSSR count). The number of oxazole rings is 1. The van der Waals surface area contributed by atoms with Gasteiger partial charge in [-0.2, -0.15) is 10.2 Å². The van der Waals surface area contributed by atoms with Crippen LogP contribution in [0.5, 0.6) is 0 Å². The molecule has 1 atom stereocenters. The molecule has 5 nitrogen and oxygen atoms in total. The van der Waals surface area contributed by atoms with E-state index in [4.69, 9.17) is 14.4 Å². The fourth-order valence-electron chi connectivity index (χ4n) is 2.03. The number of anilines is 1. The van der Waals surface area contributed by atoms with Gasteiger partial charge in [-0.25, -0.2) is 0 Å². The van der Waals surface area contributed by atoms with E-state index in [9.17, 15) is 0 Å². The van der Waals surface area contributed by atoms with Crippen LogP contribution in [-0.2, 0) is 4.74 Å². The third-order valence-corrected chi connectivity index (χ3v) is 3.84. The quantitative estimate of drug-likeness (QED) is 0.929. The Labute approximate surface area is 114 Å². The number of thiophene rings is 1. The maximum atomic E-state index is 9.08. The van der Waals surface area contributed by atoms with Crippen LogP contribution in [0.3, 0.4) is 0 Å². The van der Waals surface area contributed by atoms with Crippen LogP contribution in [0.2, 0.25) is 0 Å². The molecule has 1 saturated heterocycles. The van der Waals surface area contributed by atoms with E-state index in [1.807, 2.05) is 23.6 Å². The number of nitriles is 1. The highest BCUT2D eigenvalue weighted by Gasteiger charge is 2.19. The highest BCUT2D eigenvalue weighted by atomic mass is 32.1. The number of nitrogens with zero attached hydrogens (tertiary/aromatic N) is 2. The summed E-state index contributed by atoms with van der Waals surface area (Å²) in [5.74, 6) is 0.919. The van der Waals surface area contributed by atoms with Crippen molar-refractivity contribution in [2.45, 2.75) is 18.9 Å². The zero-order valence-electron chi connectivity index (χ0n) is 10.3. The maximum absolute atomic E-state index is 9.08. The van der Waals surface area contributed by atoms with Gasteiger partial charge in [-0.3, -0.25) is 0 Å². The average Bonchev–Trinajstić information content (AvgIpc) is 3.16. The summed E-state index contributed by atoms with van der Waals surface area (Å²) in [6.07, 6.45) is 2.33. The van der Waals surface area contributed by atoms with Crippen LogP contribution < -0.4 is 5.32 Å². The Morgan fingerprint density at radius 1 is 1.58 bits per heavy atom. The first-order valence-corrected chi connectivity index (χ1v) is 7.05. The molecule has 0 aromatic carbocycles. The highest BCUT2D eigenvalue weighted by Crippen LogP contribution is 2.28. The van der Waals surface area contributed by atoms with Crippen LogP contribution >= 0.6 is 11.3 Å². The normalized spacial score (nSPS) is 18.4. The predicted molar refractivity (Wildman–Crippen MR) is 72.0 cm³/mol. The van der Waals surface area contributed by atoms with Gasteiger partial charge in [0.25, 0.3) is 0 Å². The maximum Gasteiger partial charge on any atom is 0.240 e. The molecule has 1 fully saturated rings. The lowest BCUT2D eigenvalue weighted by atomic mass is 10.2.